The van der Waals surface area contributed by atoms with E-state index in [4.69, 9.17) is 5.73 Å². The third kappa shape index (κ3) is 3.81. The number of rotatable bonds is 4. The first-order valence-corrected chi connectivity index (χ1v) is 5.89. The van der Waals surface area contributed by atoms with Crippen LogP contribution in [-0.4, -0.2) is 6.04 Å². The first kappa shape index (κ1) is 11.7. The van der Waals surface area contributed by atoms with Gasteiger partial charge in [0.05, 0.1) is 0 Å². The molecule has 0 bridgehead atoms. The summed E-state index contributed by atoms with van der Waals surface area (Å²) in [6.07, 6.45) is 2.14. The number of hydrogen-bond donors (Lipinski definition) is 1. The molecule has 0 saturated heterocycles. The molecule has 1 aromatic rings. The number of aryl methyl sites for hydroxylation is 1. The smallest absolute Gasteiger partial charge is 0.0175 e. The van der Waals surface area contributed by atoms with Gasteiger partial charge in [0.1, 0.15) is 0 Å². The van der Waals surface area contributed by atoms with Gasteiger partial charge in [-0.05, 0) is 36.5 Å². The highest BCUT2D eigenvalue weighted by Crippen LogP contribution is 2.13. The van der Waals surface area contributed by atoms with E-state index in [1.54, 1.807) is 0 Å². The molecule has 1 rings (SSSR count). The van der Waals surface area contributed by atoms with Crippen LogP contribution in [0.2, 0.25) is 0 Å². The fourth-order valence-electron chi connectivity index (χ4n) is 1.32. The van der Waals surface area contributed by atoms with E-state index in [2.05, 4.69) is 54.0 Å². The fourth-order valence-corrected chi connectivity index (χ4v) is 1.58. The molecule has 0 aliphatic carbocycles. The third-order valence-corrected chi connectivity index (χ3v) is 3.06. The quantitative estimate of drug-likeness (QED) is 0.878. The molecule has 0 fully saturated rings. The summed E-state index contributed by atoms with van der Waals surface area (Å²) in [5, 5.41) is 0. The number of benzene rings is 1. The van der Waals surface area contributed by atoms with E-state index in [0.29, 0.717) is 12.0 Å². The minimum Gasteiger partial charge on any atom is -0.327 e. The zero-order valence-electron chi connectivity index (χ0n) is 8.83. The second-order valence-corrected chi connectivity index (χ2v) is 4.99. The first-order valence-electron chi connectivity index (χ1n) is 5.09. The van der Waals surface area contributed by atoms with Crippen LogP contribution in [0.5, 0.6) is 0 Å². The molecule has 0 radical (unpaired) electrons. The van der Waals surface area contributed by atoms with E-state index in [-0.39, 0.29) is 0 Å². The lowest BCUT2D eigenvalue weighted by Crippen LogP contribution is -2.26. The summed E-state index contributed by atoms with van der Waals surface area (Å²) in [5.74, 6) is 0.574. The third-order valence-electron chi connectivity index (χ3n) is 2.54. The van der Waals surface area contributed by atoms with Gasteiger partial charge >= 0.3 is 0 Å². The Labute approximate surface area is 94.8 Å². The lowest BCUT2D eigenvalue weighted by Gasteiger charge is -2.15. The Balaban J connectivity index is 2.42. The van der Waals surface area contributed by atoms with E-state index in [1.165, 1.54) is 5.56 Å². The highest BCUT2D eigenvalue weighted by molar-refractivity contribution is 9.10. The Kier molecular flexibility index (Phi) is 4.63. The Morgan fingerprint density at radius 2 is 1.79 bits per heavy atom. The van der Waals surface area contributed by atoms with Crippen molar-refractivity contribution in [3.05, 3.63) is 34.3 Å². The van der Waals surface area contributed by atoms with Crippen LogP contribution in [0.3, 0.4) is 0 Å². The van der Waals surface area contributed by atoms with Crippen LogP contribution in [0, 0.1) is 5.92 Å². The van der Waals surface area contributed by atoms with Crippen LogP contribution < -0.4 is 5.73 Å². The molecule has 0 heterocycles. The van der Waals surface area contributed by atoms with Crippen molar-refractivity contribution in [3.63, 3.8) is 0 Å². The predicted molar refractivity (Wildman–Crippen MR) is 65.3 cm³/mol. The van der Waals surface area contributed by atoms with Gasteiger partial charge in [-0.1, -0.05) is 41.9 Å². The highest BCUT2D eigenvalue weighted by atomic mass is 79.9. The van der Waals surface area contributed by atoms with Crippen LogP contribution in [0.4, 0.5) is 0 Å². The summed E-state index contributed by atoms with van der Waals surface area (Å²) in [5.41, 5.74) is 7.35. The molecule has 1 nitrogen and oxygen atoms in total. The number of halogens is 1. The van der Waals surface area contributed by atoms with Gasteiger partial charge in [0.2, 0.25) is 0 Å². The van der Waals surface area contributed by atoms with Gasteiger partial charge in [0.25, 0.3) is 0 Å². The molecule has 1 unspecified atom stereocenters. The molecular formula is C12H18BrN. The Morgan fingerprint density at radius 3 is 2.29 bits per heavy atom. The van der Waals surface area contributed by atoms with Crippen molar-refractivity contribution in [2.45, 2.75) is 32.7 Å². The summed E-state index contributed by atoms with van der Waals surface area (Å²) in [7, 11) is 0. The second kappa shape index (κ2) is 5.52. The van der Waals surface area contributed by atoms with Gasteiger partial charge in [0, 0.05) is 10.5 Å². The van der Waals surface area contributed by atoms with Gasteiger partial charge in [-0.2, -0.15) is 0 Å². The van der Waals surface area contributed by atoms with Crippen molar-refractivity contribution in [2.24, 2.45) is 11.7 Å². The van der Waals surface area contributed by atoms with Crippen molar-refractivity contribution in [1.82, 2.24) is 0 Å². The molecule has 0 aliphatic heterocycles. The Bertz CT molecular complexity index is 266. The average Bonchev–Trinajstić information content (AvgIpc) is 2.16. The second-order valence-electron chi connectivity index (χ2n) is 4.07. The standard InChI is InChI=1S/C12H18BrN/c1-9(2)12(14)8-5-10-3-6-11(13)7-4-10/h3-4,6-7,9,12H,5,8,14H2,1-2H3. The molecule has 0 aromatic heterocycles. The van der Waals surface area contributed by atoms with Gasteiger partial charge < -0.3 is 5.73 Å². The van der Waals surface area contributed by atoms with Gasteiger partial charge in [-0.25, -0.2) is 0 Å². The van der Waals surface area contributed by atoms with E-state index < -0.39 is 0 Å². The minimum atomic E-state index is 0.318. The number of nitrogens with two attached hydrogens (primary N) is 1. The SMILES string of the molecule is CC(C)C(N)CCc1ccc(Br)cc1. The van der Waals surface area contributed by atoms with E-state index >= 15 is 0 Å². The molecule has 2 N–H and O–H groups in total. The minimum absolute atomic E-state index is 0.318. The summed E-state index contributed by atoms with van der Waals surface area (Å²) >= 11 is 3.42. The zero-order chi connectivity index (χ0) is 10.6. The van der Waals surface area contributed by atoms with Crippen LogP contribution >= 0.6 is 15.9 Å². The molecule has 0 spiro atoms. The molecule has 1 aromatic carbocycles. The zero-order valence-corrected chi connectivity index (χ0v) is 10.4. The van der Waals surface area contributed by atoms with Crippen molar-refractivity contribution in [1.29, 1.82) is 0 Å². The van der Waals surface area contributed by atoms with Crippen LogP contribution in [0.25, 0.3) is 0 Å². The molecule has 0 saturated carbocycles. The first-order chi connectivity index (χ1) is 6.59. The summed E-state index contributed by atoms with van der Waals surface area (Å²) in [6.45, 7) is 4.35. The molecule has 14 heavy (non-hydrogen) atoms. The van der Waals surface area contributed by atoms with E-state index in [9.17, 15) is 0 Å². The van der Waals surface area contributed by atoms with Crippen molar-refractivity contribution in [3.8, 4) is 0 Å². The molecule has 78 valence electrons. The summed E-state index contributed by atoms with van der Waals surface area (Å²) in [4.78, 5) is 0. The maximum absolute atomic E-state index is 5.98. The molecular weight excluding hydrogens is 238 g/mol. The maximum atomic E-state index is 5.98. The van der Waals surface area contributed by atoms with Gasteiger partial charge in [-0.3, -0.25) is 0 Å². The fraction of sp³-hybridized carbons (Fsp3) is 0.500. The van der Waals surface area contributed by atoms with Gasteiger partial charge in [0.15, 0.2) is 0 Å². The maximum Gasteiger partial charge on any atom is 0.0175 e. The summed E-state index contributed by atoms with van der Waals surface area (Å²) < 4.78 is 1.13. The van der Waals surface area contributed by atoms with Gasteiger partial charge in [-0.15, -0.1) is 0 Å². The largest absolute Gasteiger partial charge is 0.327 e. The molecule has 1 atom stereocenters. The van der Waals surface area contributed by atoms with Crippen LogP contribution in [-0.2, 0) is 6.42 Å². The predicted octanol–water partition coefficient (Wildman–Crippen LogP) is 3.37. The van der Waals surface area contributed by atoms with Crippen LogP contribution in [0.15, 0.2) is 28.7 Å². The van der Waals surface area contributed by atoms with Crippen molar-refractivity contribution in [2.75, 3.05) is 0 Å². The number of hydrogen-bond acceptors (Lipinski definition) is 1. The lowest BCUT2D eigenvalue weighted by molar-refractivity contribution is 0.464. The van der Waals surface area contributed by atoms with Crippen molar-refractivity contribution >= 4 is 15.9 Å². The molecule has 0 amide bonds. The Morgan fingerprint density at radius 1 is 1.21 bits per heavy atom. The topological polar surface area (TPSA) is 26.0 Å². The molecule has 2 heteroatoms. The lowest BCUT2D eigenvalue weighted by atomic mass is 9.98. The summed E-state index contributed by atoms with van der Waals surface area (Å²) in [6, 6.07) is 8.78. The normalized spacial score (nSPS) is 13.2. The van der Waals surface area contributed by atoms with Crippen LogP contribution in [0.1, 0.15) is 25.8 Å². The van der Waals surface area contributed by atoms with E-state index in [1.807, 2.05) is 0 Å². The highest BCUT2D eigenvalue weighted by Gasteiger charge is 2.06. The van der Waals surface area contributed by atoms with Crippen molar-refractivity contribution < 1.29 is 0 Å². The average molecular weight is 256 g/mol. The monoisotopic (exact) mass is 255 g/mol. The molecule has 0 aliphatic rings. The Hall–Kier alpha value is -0.340. The van der Waals surface area contributed by atoms with E-state index in [0.717, 1.165) is 17.3 Å².